The van der Waals surface area contributed by atoms with Gasteiger partial charge in [0, 0.05) is 45.1 Å². The van der Waals surface area contributed by atoms with Gasteiger partial charge in [0.05, 0.1) is 28.4 Å². The van der Waals surface area contributed by atoms with Crippen molar-refractivity contribution in [2.75, 3.05) is 37.6 Å². The largest absolute Gasteiger partial charge is 0.416 e. The van der Waals surface area contributed by atoms with E-state index in [9.17, 15) is 30.8 Å². The maximum atomic E-state index is 15.0. The number of sulfonamides is 1. The summed E-state index contributed by atoms with van der Waals surface area (Å²) in [6.45, 7) is 2.21. The Morgan fingerprint density at radius 2 is 1.78 bits per heavy atom. The molecule has 2 aliphatic rings. The van der Waals surface area contributed by atoms with Gasteiger partial charge in [0.2, 0.25) is 15.9 Å². The fraction of sp³-hybridized carbons (Fsp3) is 0.391. The number of halogens is 4. The smallest absolute Gasteiger partial charge is 0.390 e. The Balaban J connectivity index is 1.38. The monoisotopic (exact) mass is 528 g/mol. The molecule has 2 aliphatic heterocycles. The lowest BCUT2D eigenvalue weighted by atomic mass is 10.0. The van der Waals surface area contributed by atoms with E-state index in [0.717, 1.165) is 24.3 Å². The number of nitrogens with one attached hydrogen (secondary N) is 1. The first-order valence-electron chi connectivity index (χ1n) is 11.1. The molecular weight excluding hydrogens is 504 g/mol. The van der Waals surface area contributed by atoms with E-state index < -0.39 is 27.6 Å². The first-order chi connectivity index (χ1) is 16.9. The lowest BCUT2D eigenvalue weighted by Gasteiger charge is -2.35. The zero-order valence-electron chi connectivity index (χ0n) is 19.3. The molecule has 1 fully saturated rings. The predicted molar refractivity (Wildman–Crippen MR) is 124 cm³/mol. The summed E-state index contributed by atoms with van der Waals surface area (Å²) in [5.41, 5.74) is 0.483. The second-order valence-electron chi connectivity index (χ2n) is 8.49. The van der Waals surface area contributed by atoms with Crippen molar-refractivity contribution >= 4 is 27.3 Å². The molecule has 0 saturated carbocycles. The van der Waals surface area contributed by atoms with Crippen LogP contribution < -0.4 is 10.2 Å². The fourth-order valence-corrected chi connectivity index (χ4v) is 5.47. The molecule has 194 valence electrons. The molecule has 0 spiro atoms. The third-order valence-corrected chi connectivity index (χ3v) is 7.90. The van der Waals surface area contributed by atoms with Gasteiger partial charge in [-0.25, -0.2) is 12.8 Å². The Morgan fingerprint density at radius 1 is 1.11 bits per heavy atom. The molecule has 13 heteroatoms. The van der Waals surface area contributed by atoms with Crippen LogP contribution >= 0.6 is 0 Å². The van der Waals surface area contributed by atoms with Crippen molar-refractivity contribution in [2.45, 2.75) is 30.5 Å². The van der Waals surface area contributed by atoms with Crippen LogP contribution in [0.1, 0.15) is 24.5 Å². The summed E-state index contributed by atoms with van der Waals surface area (Å²) in [6.07, 6.45) is -4.47. The number of hydrogen-bond acceptors (Lipinski definition) is 6. The third kappa shape index (κ3) is 5.62. The second kappa shape index (κ2) is 10.1. The first kappa shape index (κ1) is 25.9. The molecule has 2 aromatic carbocycles. The van der Waals surface area contributed by atoms with Gasteiger partial charge in [0.25, 0.3) is 0 Å². The normalized spacial score (nSPS) is 19.1. The van der Waals surface area contributed by atoms with Crippen molar-refractivity contribution in [1.82, 2.24) is 9.62 Å². The van der Waals surface area contributed by atoms with E-state index >= 15 is 0 Å². The molecule has 1 unspecified atom stereocenters. The van der Waals surface area contributed by atoms with Crippen molar-refractivity contribution in [2.24, 2.45) is 5.16 Å². The van der Waals surface area contributed by atoms with Crippen LogP contribution in [0, 0.1) is 5.82 Å². The number of amides is 1. The van der Waals surface area contributed by atoms with Gasteiger partial charge in [-0.15, -0.1) is 0 Å². The molecule has 2 aromatic rings. The topological polar surface area (TPSA) is 91.3 Å². The minimum absolute atomic E-state index is 0.0515. The molecule has 36 heavy (non-hydrogen) atoms. The maximum absolute atomic E-state index is 15.0. The SMILES string of the molecule is CC(=O)NCC1CC(c2ccc(N3CCN(S(=O)(=O)c4ccc(C(F)(F)F)cc4)CC3)c(F)c2)=NO1. The molecule has 0 aliphatic carbocycles. The molecule has 8 nitrogen and oxygen atoms in total. The van der Waals surface area contributed by atoms with Crippen LogP contribution in [0.3, 0.4) is 0 Å². The third-order valence-electron chi connectivity index (χ3n) is 5.99. The summed E-state index contributed by atoms with van der Waals surface area (Å²) in [5.74, 6) is -0.686. The molecular formula is C23H24F4N4O4S. The van der Waals surface area contributed by atoms with Crippen LogP contribution in [0.4, 0.5) is 23.2 Å². The number of rotatable bonds is 6. The standard InChI is InChI=1S/C23H24F4N4O4S/c1-15(32)28-14-18-13-21(29-35-18)16-2-7-22(20(24)12-16)30-8-10-31(11-9-30)36(33,34)19-5-3-17(4-6-19)23(25,26)27/h2-7,12,18H,8-11,13-14H2,1H3,(H,28,32). The minimum Gasteiger partial charge on any atom is -0.390 e. The predicted octanol–water partition coefficient (Wildman–Crippen LogP) is 2.98. The Hall–Kier alpha value is -3.19. The molecule has 2 heterocycles. The number of hydrogen-bond donors (Lipinski definition) is 1. The summed E-state index contributed by atoms with van der Waals surface area (Å²) in [5, 5.41) is 6.63. The zero-order chi connectivity index (χ0) is 26.1. The lowest BCUT2D eigenvalue weighted by molar-refractivity contribution is -0.137. The maximum Gasteiger partial charge on any atom is 0.416 e. The van der Waals surface area contributed by atoms with E-state index in [-0.39, 0.29) is 43.1 Å². The van der Waals surface area contributed by atoms with Gasteiger partial charge >= 0.3 is 6.18 Å². The number of alkyl halides is 3. The van der Waals surface area contributed by atoms with E-state index in [2.05, 4.69) is 10.5 Å². The number of oxime groups is 1. The highest BCUT2D eigenvalue weighted by atomic mass is 32.2. The van der Waals surface area contributed by atoms with Crippen molar-refractivity contribution in [3.05, 3.63) is 59.4 Å². The molecule has 1 amide bonds. The summed E-state index contributed by atoms with van der Waals surface area (Å²) >= 11 is 0. The Kier molecular flexibility index (Phi) is 7.23. The Labute approximate surface area is 205 Å². The minimum atomic E-state index is -4.56. The summed E-state index contributed by atoms with van der Waals surface area (Å²) < 4.78 is 80.2. The summed E-state index contributed by atoms with van der Waals surface area (Å²) in [6, 6.07) is 7.99. The van der Waals surface area contributed by atoms with Crippen LogP contribution in [0.15, 0.2) is 52.5 Å². The van der Waals surface area contributed by atoms with Gasteiger partial charge in [-0.2, -0.15) is 17.5 Å². The fourth-order valence-electron chi connectivity index (χ4n) is 4.04. The van der Waals surface area contributed by atoms with Crippen molar-refractivity contribution in [3.63, 3.8) is 0 Å². The highest BCUT2D eigenvalue weighted by molar-refractivity contribution is 7.89. The lowest BCUT2D eigenvalue weighted by Crippen LogP contribution is -2.48. The number of piperazine rings is 1. The molecule has 1 atom stereocenters. The Bertz CT molecular complexity index is 1260. The van der Waals surface area contributed by atoms with Crippen LogP contribution in [0.25, 0.3) is 0 Å². The molecule has 4 rings (SSSR count). The number of nitrogens with zero attached hydrogens (tertiary/aromatic N) is 3. The van der Waals surface area contributed by atoms with E-state index in [1.165, 1.54) is 17.3 Å². The van der Waals surface area contributed by atoms with E-state index in [4.69, 9.17) is 4.84 Å². The van der Waals surface area contributed by atoms with Crippen LogP contribution in [0.5, 0.6) is 0 Å². The Morgan fingerprint density at radius 3 is 2.36 bits per heavy atom. The molecule has 1 saturated heterocycles. The van der Waals surface area contributed by atoms with Gasteiger partial charge < -0.3 is 15.1 Å². The van der Waals surface area contributed by atoms with Crippen LogP contribution in [0.2, 0.25) is 0 Å². The second-order valence-corrected chi connectivity index (χ2v) is 10.4. The van der Waals surface area contributed by atoms with Gasteiger partial charge in [0.15, 0.2) is 0 Å². The molecule has 0 aromatic heterocycles. The molecule has 0 bridgehead atoms. The van der Waals surface area contributed by atoms with Crippen LogP contribution in [-0.4, -0.2) is 63.2 Å². The van der Waals surface area contributed by atoms with E-state index in [0.29, 0.717) is 29.9 Å². The van der Waals surface area contributed by atoms with Crippen molar-refractivity contribution in [3.8, 4) is 0 Å². The van der Waals surface area contributed by atoms with Gasteiger partial charge in [-0.1, -0.05) is 11.2 Å². The summed E-state index contributed by atoms with van der Waals surface area (Å²) in [7, 11) is -3.98. The zero-order valence-corrected chi connectivity index (χ0v) is 20.1. The van der Waals surface area contributed by atoms with Gasteiger partial charge in [0.1, 0.15) is 11.9 Å². The number of anilines is 1. The van der Waals surface area contributed by atoms with Crippen LogP contribution in [-0.2, 0) is 25.8 Å². The quantitative estimate of drug-likeness (QED) is 0.583. The number of carbonyl (C=O) groups excluding carboxylic acids is 1. The molecule has 0 radical (unpaired) electrons. The van der Waals surface area contributed by atoms with Gasteiger partial charge in [-0.05, 0) is 36.4 Å². The highest BCUT2D eigenvalue weighted by Crippen LogP contribution is 2.31. The van der Waals surface area contributed by atoms with Gasteiger partial charge in [-0.3, -0.25) is 4.79 Å². The summed E-state index contributed by atoms with van der Waals surface area (Å²) in [4.78, 5) is 17.8. The van der Waals surface area contributed by atoms with Crippen molar-refractivity contribution < 1.29 is 35.6 Å². The average molecular weight is 529 g/mol. The number of carbonyl (C=O) groups is 1. The van der Waals surface area contributed by atoms with E-state index in [1.54, 1.807) is 17.0 Å². The van der Waals surface area contributed by atoms with Crippen molar-refractivity contribution in [1.29, 1.82) is 0 Å². The number of benzene rings is 2. The average Bonchev–Trinajstić information content (AvgIpc) is 3.31. The highest BCUT2D eigenvalue weighted by Gasteiger charge is 2.33. The first-order valence-corrected chi connectivity index (χ1v) is 12.6. The van der Waals surface area contributed by atoms with E-state index in [1.807, 2.05) is 0 Å². The molecule has 1 N–H and O–H groups in total.